The Morgan fingerprint density at radius 2 is 1.04 bits per heavy atom. The number of nitrogens with one attached hydrogen (secondary N) is 6. The zero-order valence-corrected chi connectivity index (χ0v) is 54.5. The van der Waals surface area contributed by atoms with Gasteiger partial charge < -0.3 is 35.1 Å². The molecule has 6 amide bonds. The molecule has 21 nitrogen and oxygen atoms in total. The lowest BCUT2D eigenvalue weighted by molar-refractivity contribution is -0.0273. The van der Waals surface area contributed by atoms with Gasteiger partial charge in [-0.25, -0.2) is 53.8 Å². The predicted molar refractivity (Wildman–Crippen MR) is 339 cm³/mol. The Balaban J connectivity index is 0.717. The van der Waals surface area contributed by atoms with Gasteiger partial charge in [-0.2, -0.15) is 0 Å². The Morgan fingerprint density at radius 1 is 0.539 bits per heavy atom. The average molecular weight is 1280 g/mol. The number of ether oxygens (including phenoxy) is 3. The van der Waals surface area contributed by atoms with Crippen LogP contribution in [0.4, 0.5) is 31.4 Å². The van der Waals surface area contributed by atoms with Gasteiger partial charge in [-0.05, 0) is 220 Å². The van der Waals surface area contributed by atoms with Crippen molar-refractivity contribution in [2.45, 2.75) is 167 Å². The van der Waals surface area contributed by atoms with Crippen molar-refractivity contribution in [1.82, 2.24) is 28.9 Å². The second-order valence-electron chi connectivity index (χ2n) is 28.8. The van der Waals surface area contributed by atoms with Crippen LogP contribution in [0.1, 0.15) is 145 Å². The normalized spacial score (nSPS) is 27.4. The molecule has 5 heterocycles. The number of hydrogen-bond acceptors (Lipinski definition) is 15. The molecule has 484 valence electrons. The first kappa shape index (κ1) is 61.6. The van der Waals surface area contributed by atoms with E-state index in [0.717, 1.165) is 171 Å². The van der Waals surface area contributed by atoms with E-state index in [4.69, 9.17) is 14.2 Å². The summed E-state index contributed by atoms with van der Waals surface area (Å²) in [5.41, 5.74) is 15.0. The van der Waals surface area contributed by atoms with Gasteiger partial charge in [0.05, 0.1) is 55.4 Å². The van der Waals surface area contributed by atoms with E-state index in [-0.39, 0.29) is 51.8 Å². The van der Waals surface area contributed by atoms with Crippen molar-refractivity contribution in [3.8, 4) is 0 Å². The van der Waals surface area contributed by atoms with Crippen LogP contribution in [-0.4, -0.2) is 172 Å². The summed E-state index contributed by atoms with van der Waals surface area (Å²) in [5.74, 6) is -0.697. The lowest BCUT2D eigenvalue weighted by Crippen LogP contribution is -2.59. The van der Waals surface area contributed by atoms with Crippen LogP contribution in [0.15, 0.2) is 18.2 Å². The second-order valence-corrected chi connectivity index (χ2v) is 34.1. The van der Waals surface area contributed by atoms with Crippen molar-refractivity contribution in [3.63, 3.8) is 0 Å². The van der Waals surface area contributed by atoms with E-state index in [1.165, 1.54) is 5.56 Å². The molecule has 5 fully saturated rings. The second kappa shape index (κ2) is 23.6. The van der Waals surface area contributed by atoms with Crippen LogP contribution in [0.3, 0.4) is 0 Å². The van der Waals surface area contributed by atoms with Crippen LogP contribution in [0.5, 0.6) is 0 Å². The number of urea groups is 3. The molecule has 0 bridgehead atoms. The summed E-state index contributed by atoms with van der Waals surface area (Å²) in [4.78, 5) is 49.1. The average Bonchev–Trinajstić information content (AvgIpc) is 1.64. The number of anilines is 3. The number of amides is 6. The molecule has 24 heteroatoms. The van der Waals surface area contributed by atoms with Gasteiger partial charge >= 0.3 is 18.1 Å². The van der Waals surface area contributed by atoms with E-state index < -0.39 is 66.5 Å². The maximum atomic E-state index is 14.5. The summed E-state index contributed by atoms with van der Waals surface area (Å²) >= 11 is 0. The molecule has 3 aromatic carbocycles. The fraction of sp³-hybridized carbons (Fsp3) is 0.677. The number of morpholine rings is 1. The molecule has 2 spiro atoms. The Hall–Kier alpha value is -4.92. The van der Waals surface area contributed by atoms with Crippen LogP contribution < -0.4 is 30.1 Å². The quantitative estimate of drug-likeness (QED) is 0.0874. The van der Waals surface area contributed by atoms with Crippen molar-refractivity contribution in [2.75, 3.05) is 105 Å². The molecule has 0 aromatic heterocycles. The minimum atomic E-state index is -4.14. The summed E-state index contributed by atoms with van der Waals surface area (Å²) in [6.07, 6.45) is 10.6. The molecule has 7 unspecified atom stereocenters. The van der Waals surface area contributed by atoms with Gasteiger partial charge in [0.15, 0.2) is 0 Å². The largest absolute Gasteiger partial charge is 0.376 e. The number of sulfonamides is 3. The number of benzene rings is 3. The number of fused-ring (bicyclic) bond motifs is 6. The molecule has 6 aliphatic carbocycles. The minimum absolute atomic E-state index is 0.0251. The van der Waals surface area contributed by atoms with Crippen molar-refractivity contribution < 1.29 is 53.8 Å². The molecule has 6 N–H and O–H groups in total. The summed E-state index contributed by atoms with van der Waals surface area (Å²) in [7, 11) is -12.2. The molecule has 3 aromatic rings. The number of likely N-dealkylation sites (tertiary alicyclic amines) is 2. The molecule has 14 rings (SSSR count). The van der Waals surface area contributed by atoms with Crippen molar-refractivity contribution in [1.29, 1.82) is 0 Å². The van der Waals surface area contributed by atoms with Gasteiger partial charge in [0, 0.05) is 73.2 Å². The van der Waals surface area contributed by atoms with Gasteiger partial charge in [0.2, 0.25) is 30.1 Å². The highest BCUT2D eigenvalue weighted by Crippen LogP contribution is 2.56. The number of carbonyl (C=O) groups is 3. The molecule has 11 aliphatic rings. The van der Waals surface area contributed by atoms with Crippen LogP contribution in [-0.2, 0) is 108 Å². The first-order chi connectivity index (χ1) is 42.5. The maximum absolute atomic E-state index is 14.5. The molecular weight excluding hydrogens is 1190 g/mol. The van der Waals surface area contributed by atoms with Crippen LogP contribution in [0.25, 0.3) is 0 Å². The molecule has 89 heavy (non-hydrogen) atoms. The van der Waals surface area contributed by atoms with Crippen LogP contribution in [0, 0.1) is 22.7 Å². The smallest absolute Gasteiger partial charge is 0.332 e. The molecule has 5 aliphatic heterocycles. The van der Waals surface area contributed by atoms with Gasteiger partial charge in [-0.15, -0.1) is 0 Å². The maximum Gasteiger partial charge on any atom is 0.332 e. The lowest BCUT2D eigenvalue weighted by atomic mass is 9.77. The Morgan fingerprint density at radius 3 is 1.58 bits per heavy atom. The number of rotatable bonds is 17. The number of carbonyl (C=O) groups excluding carboxylic acids is 3. The monoisotopic (exact) mass is 1280 g/mol. The lowest BCUT2D eigenvalue weighted by Gasteiger charge is -2.49. The van der Waals surface area contributed by atoms with Crippen LogP contribution in [0.2, 0.25) is 0 Å². The highest BCUT2D eigenvalue weighted by atomic mass is 32.2. The Kier molecular flexibility index (Phi) is 16.3. The third kappa shape index (κ3) is 12.3. The molecule has 7 atom stereocenters. The summed E-state index contributed by atoms with van der Waals surface area (Å²) in [5, 5.41) is 9.33. The fourth-order valence-corrected chi connectivity index (χ4v) is 21.7. The Labute approximate surface area is 524 Å². The third-order valence-electron chi connectivity index (χ3n) is 22.3. The van der Waals surface area contributed by atoms with Crippen molar-refractivity contribution in [3.05, 3.63) is 85.0 Å². The van der Waals surface area contributed by atoms with E-state index >= 15 is 0 Å². The summed E-state index contributed by atoms with van der Waals surface area (Å²) in [6, 6.07) is 4.94. The molecule has 0 radical (unpaired) electrons. The molecule has 5 saturated heterocycles. The number of hydrogen-bond donors (Lipinski definition) is 6. The van der Waals surface area contributed by atoms with Gasteiger partial charge in [0.1, 0.15) is 0 Å². The fourth-order valence-electron chi connectivity index (χ4n) is 18.3. The first-order valence-electron chi connectivity index (χ1n) is 33.0. The van der Waals surface area contributed by atoms with E-state index in [2.05, 4.69) is 83.8 Å². The van der Waals surface area contributed by atoms with Gasteiger partial charge in [-0.1, -0.05) is 32.0 Å². The van der Waals surface area contributed by atoms with Crippen molar-refractivity contribution in [2.24, 2.45) is 22.7 Å². The van der Waals surface area contributed by atoms with Crippen LogP contribution >= 0.6 is 0 Å². The van der Waals surface area contributed by atoms with Gasteiger partial charge in [0.25, 0.3) is 0 Å². The minimum Gasteiger partial charge on any atom is -0.376 e. The van der Waals surface area contributed by atoms with E-state index in [1.807, 2.05) is 6.92 Å². The summed E-state index contributed by atoms with van der Waals surface area (Å²) in [6.45, 7) is 16.3. The standard InChI is InChI=1S/C65H89N9O12S3/c1-5-72-17-18-84-48(28-72)31-89(82,83)70-62(76)66-58-51-11-7-9-39(51)19-42-21-44(24-54(42)58)49-15-16-53-56(49)23-41-13-14-50(57(41)60(53)68-63(77)71-88(80,81)30-47-27-65(37-86-47)34-74(35-65)38(3)4)45-22-43-20-40-10-8-12-52(40)59(55(43)25-45)67-61(75)69-87(78,79)29-46-26-64(36-85-46)32-73(6-2)33-64/h19-20,23,38,44-50H,5-18,21-22,24-37H2,1-4H3,(H2,66,70,76)(H2,67,69,75)(H2,68,71,77). The number of likely N-dealkylation sites (N-methyl/N-ethyl adjacent to an activating group) is 1. The molecular formula is C65H89N9O12S3. The number of nitrogens with zero attached hydrogens (tertiary/aromatic N) is 3. The Bertz CT molecular complexity index is 3720. The molecule has 0 saturated carbocycles. The zero-order chi connectivity index (χ0) is 61.9. The number of aryl methyl sites for hydroxylation is 3. The summed E-state index contributed by atoms with van der Waals surface area (Å²) < 4.78 is 107. The highest BCUT2D eigenvalue weighted by molar-refractivity contribution is 7.90. The predicted octanol–water partition coefficient (Wildman–Crippen LogP) is 6.24. The van der Waals surface area contributed by atoms with E-state index in [9.17, 15) is 39.6 Å². The van der Waals surface area contributed by atoms with E-state index in [0.29, 0.717) is 88.0 Å². The topological polar surface area (TPSA) is 263 Å². The van der Waals surface area contributed by atoms with Crippen molar-refractivity contribution >= 4 is 65.2 Å². The first-order valence-corrected chi connectivity index (χ1v) is 38.0. The van der Waals surface area contributed by atoms with Gasteiger partial charge in [-0.3, -0.25) is 9.80 Å². The zero-order valence-electron chi connectivity index (χ0n) is 52.0. The SMILES string of the molecule is CCN1CCOC(CS(=O)(=O)NC(=O)Nc2c3c(cc4c2CC(C2CCc5c2cc2c(c5NC(=O)NS(=O)(=O)CC5CC6(CO5)CN(C(C)C)C6)C(C5Cc6cc7c(c(NC(=O)NS(=O)(=O)CC8CC9(CO8)CN(CC)C9)c6C5)CCC7)CC2)C4)CCC3)C1. The van der Waals surface area contributed by atoms with E-state index in [1.54, 1.807) is 0 Å². The highest BCUT2D eigenvalue weighted by Gasteiger charge is 2.52. The third-order valence-corrected chi connectivity index (χ3v) is 26.2.